The summed E-state index contributed by atoms with van der Waals surface area (Å²) in [7, 11) is 1.60. The Balaban J connectivity index is 0.00000272. The largest absolute Gasteiger partial charge is 1.00 e. The number of hydrogen-bond acceptors (Lipinski definition) is 9. The number of hydrogen-bond donors (Lipinski definition) is 1. The fraction of sp³-hybridized carbons (Fsp3) is 0.217. The molecule has 2 aromatic heterocycles. The molecule has 0 aliphatic carbocycles. The van der Waals surface area contributed by atoms with E-state index in [0.717, 1.165) is 0 Å². The van der Waals surface area contributed by atoms with E-state index in [0.29, 0.717) is 40.9 Å². The van der Waals surface area contributed by atoms with Crippen LogP contribution in [0.25, 0.3) is 11.1 Å². The third kappa shape index (κ3) is 7.44. The third-order valence-corrected chi connectivity index (χ3v) is 5.44. The molecule has 8 nitrogen and oxygen atoms in total. The van der Waals surface area contributed by atoms with Gasteiger partial charge in [-0.2, -0.15) is 10.5 Å². The van der Waals surface area contributed by atoms with Gasteiger partial charge in [0.1, 0.15) is 46.7 Å². The minimum absolute atomic E-state index is 0. The first kappa shape index (κ1) is 29.4. The van der Waals surface area contributed by atoms with E-state index in [1.54, 1.807) is 49.8 Å². The molecule has 2 N–H and O–H groups in total. The van der Waals surface area contributed by atoms with E-state index >= 15 is 0 Å². The smallest absolute Gasteiger partial charge is 0.491 e. The summed E-state index contributed by atoms with van der Waals surface area (Å²) in [6.45, 7) is 2.82. The van der Waals surface area contributed by atoms with Crippen LogP contribution in [0.1, 0.15) is 29.1 Å². The van der Waals surface area contributed by atoms with Crippen molar-refractivity contribution >= 4 is 17.6 Å². The standard InChI is InChI=1S/C22H20N6O2S.CH3.Cs/c1-14(21-26-8-3-9-27-21)31-22-18(13-24)19(17(12-23)20(25)28-22)15-4-6-16(7-5-15)30-11-10-29-2;;/h3-9,14H,10-11H2,1-2H3,(H2,25,28);1H3;/q;-1;+1. The Morgan fingerprint density at radius 2 is 1.70 bits per heavy atom. The number of rotatable bonds is 8. The van der Waals surface area contributed by atoms with Crippen LogP contribution in [0.4, 0.5) is 5.82 Å². The monoisotopic (exact) mass is 580 g/mol. The van der Waals surface area contributed by atoms with Crippen LogP contribution in [-0.2, 0) is 4.74 Å². The molecule has 0 spiro atoms. The molecule has 1 atom stereocenters. The number of nitrogens with zero attached hydrogens (tertiary/aromatic N) is 5. The second kappa shape index (κ2) is 14.6. The Hall–Kier alpha value is -1.61. The number of anilines is 1. The average molecular weight is 580 g/mol. The molecule has 0 saturated heterocycles. The SMILES string of the molecule is COCCOc1ccc(-c2c(C#N)c(N)nc(SC(C)c3ncccn3)c2C#N)cc1.[CH3-].[Cs+]. The number of ether oxygens (including phenoxy) is 2. The zero-order valence-electron chi connectivity index (χ0n) is 19.1. The van der Waals surface area contributed by atoms with E-state index in [-0.39, 0.29) is 98.5 Å². The third-order valence-electron chi connectivity index (χ3n) is 4.35. The normalized spacial score (nSPS) is 10.7. The molecular weight excluding hydrogens is 557 g/mol. The molecule has 0 aliphatic heterocycles. The minimum Gasteiger partial charge on any atom is -0.491 e. The van der Waals surface area contributed by atoms with Crippen LogP contribution in [0, 0.1) is 30.1 Å². The van der Waals surface area contributed by atoms with Crippen molar-refractivity contribution in [1.82, 2.24) is 15.0 Å². The number of nitrogen functional groups attached to an aromatic ring is 1. The summed E-state index contributed by atoms with van der Waals surface area (Å²) in [5, 5.41) is 19.9. The predicted octanol–water partition coefficient (Wildman–Crippen LogP) is 1.20. The Bertz CT molecular complexity index is 1130. The number of methoxy groups -OCH3 is 1. The molecule has 0 saturated carbocycles. The van der Waals surface area contributed by atoms with Crippen LogP contribution in [0.5, 0.6) is 5.75 Å². The van der Waals surface area contributed by atoms with Crippen LogP contribution in [0.15, 0.2) is 47.8 Å². The molecule has 0 bridgehead atoms. The van der Waals surface area contributed by atoms with Gasteiger partial charge in [0, 0.05) is 25.1 Å². The van der Waals surface area contributed by atoms with Crippen molar-refractivity contribution < 1.29 is 78.4 Å². The summed E-state index contributed by atoms with van der Waals surface area (Å²) < 4.78 is 10.6. The molecule has 10 heteroatoms. The van der Waals surface area contributed by atoms with Crippen molar-refractivity contribution in [2.45, 2.75) is 17.2 Å². The molecule has 0 radical (unpaired) electrons. The summed E-state index contributed by atoms with van der Waals surface area (Å²) in [6.07, 6.45) is 3.32. The van der Waals surface area contributed by atoms with Gasteiger partial charge in [-0.1, -0.05) is 23.9 Å². The van der Waals surface area contributed by atoms with Gasteiger partial charge in [-0.25, -0.2) is 15.0 Å². The summed E-state index contributed by atoms with van der Waals surface area (Å²) in [6, 6.07) is 13.1. The molecule has 1 unspecified atom stereocenters. The maximum atomic E-state index is 9.93. The first-order valence-corrected chi connectivity index (χ1v) is 10.3. The van der Waals surface area contributed by atoms with Crippen LogP contribution in [0.2, 0.25) is 0 Å². The summed E-state index contributed by atoms with van der Waals surface area (Å²) in [5.41, 5.74) is 7.66. The van der Waals surface area contributed by atoms with Gasteiger partial charge in [-0.3, -0.25) is 0 Å². The number of nitrogens with two attached hydrogens (primary N) is 1. The number of benzene rings is 1. The van der Waals surface area contributed by atoms with Crippen LogP contribution < -0.4 is 79.4 Å². The Morgan fingerprint density at radius 3 is 2.27 bits per heavy atom. The van der Waals surface area contributed by atoms with E-state index < -0.39 is 0 Å². The fourth-order valence-electron chi connectivity index (χ4n) is 2.87. The predicted molar refractivity (Wildman–Crippen MR) is 124 cm³/mol. The molecule has 0 aliphatic rings. The molecule has 164 valence electrons. The second-order valence-electron chi connectivity index (χ2n) is 6.38. The van der Waals surface area contributed by atoms with Crippen LogP contribution >= 0.6 is 11.8 Å². The van der Waals surface area contributed by atoms with Crippen molar-refractivity contribution in [3.05, 3.63) is 67.1 Å². The maximum Gasteiger partial charge on any atom is 1.00 e. The van der Waals surface area contributed by atoms with Gasteiger partial charge in [0.25, 0.3) is 0 Å². The van der Waals surface area contributed by atoms with Crippen molar-refractivity contribution in [2.24, 2.45) is 0 Å². The summed E-state index contributed by atoms with van der Waals surface area (Å²) >= 11 is 1.32. The van der Waals surface area contributed by atoms with Gasteiger partial charge in [0.05, 0.1) is 17.4 Å². The Kier molecular flexibility index (Phi) is 13.0. The first-order valence-electron chi connectivity index (χ1n) is 9.38. The topological polar surface area (TPSA) is 131 Å². The zero-order valence-corrected chi connectivity index (χ0v) is 26.2. The first-order chi connectivity index (χ1) is 15.1. The molecule has 0 amide bonds. The van der Waals surface area contributed by atoms with E-state index in [4.69, 9.17) is 15.2 Å². The summed E-state index contributed by atoms with van der Waals surface area (Å²) in [4.78, 5) is 12.9. The van der Waals surface area contributed by atoms with Crippen molar-refractivity contribution in [3.8, 4) is 29.0 Å². The van der Waals surface area contributed by atoms with Gasteiger partial charge in [-0.15, -0.1) is 0 Å². The second-order valence-corrected chi connectivity index (χ2v) is 7.71. The van der Waals surface area contributed by atoms with Crippen LogP contribution in [0.3, 0.4) is 0 Å². The maximum absolute atomic E-state index is 9.93. The van der Waals surface area contributed by atoms with E-state index in [2.05, 4.69) is 27.1 Å². The van der Waals surface area contributed by atoms with Gasteiger partial charge in [-0.05, 0) is 30.7 Å². The molecule has 3 aromatic rings. The average Bonchev–Trinajstić information content (AvgIpc) is 2.80. The Labute approximate surface area is 257 Å². The zero-order chi connectivity index (χ0) is 22.2. The molecular formula is C23H23CsN6O2S. The van der Waals surface area contributed by atoms with Crippen molar-refractivity contribution in [2.75, 3.05) is 26.1 Å². The molecule has 33 heavy (non-hydrogen) atoms. The van der Waals surface area contributed by atoms with Gasteiger partial charge in [0.2, 0.25) is 0 Å². The minimum atomic E-state index is -0.169. The van der Waals surface area contributed by atoms with Gasteiger partial charge < -0.3 is 22.6 Å². The van der Waals surface area contributed by atoms with Gasteiger partial charge in [0.15, 0.2) is 0 Å². The van der Waals surface area contributed by atoms with E-state index in [9.17, 15) is 10.5 Å². The van der Waals surface area contributed by atoms with Crippen molar-refractivity contribution in [3.63, 3.8) is 0 Å². The summed E-state index contributed by atoms with van der Waals surface area (Å²) in [5.74, 6) is 1.34. The number of thioether (sulfide) groups is 1. The van der Waals surface area contributed by atoms with Gasteiger partial charge >= 0.3 is 68.9 Å². The number of pyridine rings is 1. The molecule has 3 rings (SSSR count). The van der Waals surface area contributed by atoms with Crippen molar-refractivity contribution in [1.29, 1.82) is 10.5 Å². The quantitative estimate of drug-likeness (QED) is 0.237. The molecule has 0 fully saturated rings. The van der Waals surface area contributed by atoms with Crippen LogP contribution in [-0.4, -0.2) is 35.3 Å². The van der Waals surface area contributed by atoms with E-state index in [1.165, 1.54) is 11.8 Å². The Morgan fingerprint density at radius 1 is 1.06 bits per heavy atom. The molecule has 2 heterocycles. The fourth-order valence-corrected chi connectivity index (χ4v) is 3.85. The van der Waals surface area contributed by atoms with E-state index in [1.807, 2.05) is 6.92 Å². The number of nitriles is 2. The molecule has 1 aromatic carbocycles. The number of aromatic nitrogens is 3.